The lowest BCUT2D eigenvalue weighted by atomic mass is 10.2. The molecule has 7 heteroatoms. The first kappa shape index (κ1) is 16.9. The monoisotopic (exact) mass is 341 g/mol. The fourth-order valence-corrected chi connectivity index (χ4v) is 2.42. The fraction of sp³-hybridized carbons (Fsp3) is 0.278. The zero-order valence-corrected chi connectivity index (χ0v) is 13.9. The van der Waals surface area contributed by atoms with E-state index in [2.05, 4.69) is 15.0 Å². The Morgan fingerprint density at radius 2 is 2.00 bits per heavy atom. The van der Waals surface area contributed by atoms with Crippen molar-refractivity contribution in [3.8, 4) is 11.6 Å². The van der Waals surface area contributed by atoms with E-state index in [9.17, 15) is 4.79 Å². The van der Waals surface area contributed by atoms with E-state index in [1.54, 1.807) is 18.4 Å². The lowest BCUT2D eigenvalue weighted by Crippen LogP contribution is -2.26. The molecule has 0 radical (unpaired) electrons. The molecule has 0 unspecified atom stereocenters. The number of carbonyl (C=O) groups is 1. The van der Waals surface area contributed by atoms with Crippen molar-refractivity contribution in [2.24, 2.45) is 0 Å². The van der Waals surface area contributed by atoms with E-state index in [1.165, 1.54) is 7.11 Å². The predicted molar refractivity (Wildman–Crippen MR) is 89.2 cm³/mol. The summed E-state index contributed by atoms with van der Waals surface area (Å²) < 4.78 is 15.3. The summed E-state index contributed by atoms with van der Waals surface area (Å²) in [5.74, 6) is 1.18. The Labute approximate surface area is 145 Å². The van der Waals surface area contributed by atoms with Crippen LogP contribution in [0.5, 0.6) is 0 Å². The van der Waals surface area contributed by atoms with Crippen LogP contribution in [0.4, 0.5) is 0 Å². The molecule has 0 saturated heterocycles. The van der Waals surface area contributed by atoms with Gasteiger partial charge in [-0.05, 0) is 17.7 Å². The Balaban J connectivity index is 1.69. The number of rotatable bonds is 8. The number of benzene rings is 1. The molecule has 0 aliphatic rings. The molecule has 0 atom stereocenters. The number of aromatic nitrogens is 2. The number of carbonyl (C=O) groups excluding carboxylic acids is 1. The van der Waals surface area contributed by atoms with E-state index >= 15 is 0 Å². The molecule has 25 heavy (non-hydrogen) atoms. The fourth-order valence-electron chi connectivity index (χ4n) is 2.42. The van der Waals surface area contributed by atoms with Crippen LogP contribution in [-0.2, 0) is 22.6 Å². The van der Waals surface area contributed by atoms with Crippen LogP contribution in [0, 0.1) is 0 Å². The van der Waals surface area contributed by atoms with Crippen molar-refractivity contribution in [1.29, 1.82) is 0 Å². The van der Waals surface area contributed by atoms with E-state index in [4.69, 9.17) is 13.7 Å². The maximum Gasteiger partial charge on any atom is 0.306 e. The molecule has 0 aliphatic heterocycles. The van der Waals surface area contributed by atoms with Crippen LogP contribution in [-0.4, -0.2) is 34.7 Å². The molecule has 0 saturated carbocycles. The van der Waals surface area contributed by atoms with Gasteiger partial charge in [0, 0.05) is 13.1 Å². The third-order valence-corrected chi connectivity index (χ3v) is 3.68. The Morgan fingerprint density at radius 3 is 2.72 bits per heavy atom. The lowest BCUT2D eigenvalue weighted by molar-refractivity contribution is -0.141. The molecule has 0 N–H and O–H groups in total. The maximum atomic E-state index is 11.5. The van der Waals surface area contributed by atoms with Gasteiger partial charge in [0.05, 0.1) is 26.3 Å². The summed E-state index contributed by atoms with van der Waals surface area (Å²) in [6.07, 6.45) is 1.85. The van der Waals surface area contributed by atoms with Gasteiger partial charge in [0.15, 0.2) is 5.76 Å². The minimum Gasteiger partial charge on any atom is -0.469 e. The Bertz CT molecular complexity index is 784. The highest BCUT2D eigenvalue weighted by molar-refractivity contribution is 5.69. The van der Waals surface area contributed by atoms with Gasteiger partial charge < -0.3 is 13.7 Å². The summed E-state index contributed by atoms with van der Waals surface area (Å²) >= 11 is 0. The highest BCUT2D eigenvalue weighted by Crippen LogP contribution is 2.17. The van der Waals surface area contributed by atoms with Gasteiger partial charge in [0.2, 0.25) is 11.7 Å². The van der Waals surface area contributed by atoms with Crippen LogP contribution in [0.1, 0.15) is 17.9 Å². The summed E-state index contributed by atoms with van der Waals surface area (Å²) in [4.78, 5) is 17.9. The molecule has 3 rings (SSSR count). The van der Waals surface area contributed by atoms with Crippen molar-refractivity contribution in [3.05, 3.63) is 60.2 Å². The first-order valence-corrected chi connectivity index (χ1v) is 7.94. The minimum absolute atomic E-state index is 0.250. The summed E-state index contributed by atoms with van der Waals surface area (Å²) in [5.41, 5.74) is 1.14. The lowest BCUT2D eigenvalue weighted by Gasteiger charge is -2.19. The summed E-state index contributed by atoms with van der Waals surface area (Å²) in [5, 5.41) is 3.93. The Kier molecular flexibility index (Phi) is 5.58. The summed E-state index contributed by atoms with van der Waals surface area (Å²) in [6, 6.07) is 13.5. The molecule has 0 fully saturated rings. The van der Waals surface area contributed by atoms with Gasteiger partial charge in [0.25, 0.3) is 0 Å². The molecule has 0 amide bonds. The molecule has 3 aromatic rings. The molecule has 7 nitrogen and oxygen atoms in total. The molecule has 0 bridgehead atoms. The van der Waals surface area contributed by atoms with E-state index in [0.717, 1.165) is 5.56 Å². The molecular formula is C18H19N3O4. The van der Waals surface area contributed by atoms with Crippen molar-refractivity contribution >= 4 is 5.97 Å². The number of esters is 1. The first-order valence-electron chi connectivity index (χ1n) is 7.94. The van der Waals surface area contributed by atoms with Crippen molar-refractivity contribution in [2.45, 2.75) is 19.5 Å². The number of nitrogens with zero attached hydrogens (tertiary/aromatic N) is 3. The van der Waals surface area contributed by atoms with Gasteiger partial charge in [0.1, 0.15) is 0 Å². The van der Waals surface area contributed by atoms with Crippen molar-refractivity contribution in [3.63, 3.8) is 0 Å². The standard InChI is InChI=1S/C18H19N3O4/c1-23-17(22)9-10-21(12-14-6-3-2-4-7-14)13-16-19-18(20-25-16)15-8-5-11-24-15/h2-8,11H,9-10,12-13H2,1H3. The third-order valence-electron chi connectivity index (χ3n) is 3.68. The van der Waals surface area contributed by atoms with Crippen LogP contribution in [0.3, 0.4) is 0 Å². The van der Waals surface area contributed by atoms with Crippen LogP contribution < -0.4 is 0 Å². The number of methoxy groups -OCH3 is 1. The largest absolute Gasteiger partial charge is 0.469 e. The van der Waals surface area contributed by atoms with Crippen LogP contribution in [0.2, 0.25) is 0 Å². The van der Waals surface area contributed by atoms with Gasteiger partial charge >= 0.3 is 5.97 Å². The van der Waals surface area contributed by atoms with Crippen LogP contribution in [0.15, 0.2) is 57.7 Å². The highest BCUT2D eigenvalue weighted by atomic mass is 16.5. The zero-order valence-electron chi connectivity index (χ0n) is 13.9. The average molecular weight is 341 g/mol. The van der Waals surface area contributed by atoms with Gasteiger partial charge in [-0.25, -0.2) is 0 Å². The minimum atomic E-state index is -0.250. The molecule has 0 aliphatic carbocycles. The third kappa shape index (κ3) is 4.77. The summed E-state index contributed by atoms with van der Waals surface area (Å²) in [7, 11) is 1.39. The predicted octanol–water partition coefficient (Wildman–Crippen LogP) is 2.89. The molecule has 2 aromatic heterocycles. The van der Waals surface area contributed by atoms with Gasteiger partial charge in [-0.15, -0.1) is 0 Å². The van der Waals surface area contributed by atoms with Crippen LogP contribution in [0.25, 0.3) is 11.6 Å². The van der Waals surface area contributed by atoms with E-state index in [1.807, 2.05) is 30.3 Å². The SMILES string of the molecule is COC(=O)CCN(Cc1ccccc1)Cc1nc(-c2ccco2)no1. The second-order valence-corrected chi connectivity index (χ2v) is 5.51. The molecular weight excluding hydrogens is 322 g/mol. The average Bonchev–Trinajstić information content (AvgIpc) is 3.31. The van der Waals surface area contributed by atoms with Crippen LogP contribution >= 0.6 is 0 Å². The quantitative estimate of drug-likeness (QED) is 0.583. The number of hydrogen-bond acceptors (Lipinski definition) is 7. The number of furan rings is 1. The normalized spacial score (nSPS) is 11.0. The molecule has 130 valence electrons. The molecule has 1 aromatic carbocycles. The van der Waals surface area contributed by atoms with Crippen molar-refractivity contribution < 1.29 is 18.5 Å². The number of ether oxygens (including phenoxy) is 1. The van der Waals surface area contributed by atoms with Gasteiger partial charge in [-0.2, -0.15) is 4.98 Å². The maximum absolute atomic E-state index is 11.5. The highest BCUT2D eigenvalue weighted by Gasteiger charge is 2.16. The Morgan fingerprint density at radius 1 is 1.16 bits per heavy atom. The second kappa shape index (κ2) is 8.25. The molecule has 0 spiro atoms. The second-order valence-electron chi connectivity index (χ2n) is 5.51. The topological polar surface area (TPSA) is 81.6 Å². The number of hydrogen-bond donors (Lipinski definition) is 0. The van der Waals surface area contributed by atoms with Gasteiger partial charge in [-0.3, -0.25) is 9.69 Å². The van der Waals surface area contributed by atoms with Crippen molar-refractivity contribution in [1.82, 2.24) is 15.0 Å². The smallest absolute Gasteiger partial charge is 0.306 e. The van der Waals surface area contributed by atoms with E-state index < -0.39 is 0 Å². The zero-order chi connectivity index (χ0) is 17.5. The van der Waals surface area contributed by atoms with E-state index in [-0.39, 0.29) is 5.97 Å². The first-order chi connectivity index (χ1) is 12.2. The summed E-state index contributed by atoms with van der Waals surface area (Å²) in [6.45, 7) is 1.62. The Hall–Kier alpha value is -2.93. The van der Waals surface area contributed by atoms with Crippen molar-refractivity contribution in [2.75, 3.05) is 13.7 Å². The van der Waals surface area contributed by atoms with Gasteiger partial charge in [-0.1, -0.05) is 35.5 Å². The van der Waals surface area contributed by atoms with E-state index in [0.29, 0.717) is 43.5 Å². The molecule has 2 heterocycles.